The predicted molar refractivity (Wildman–Crippen MR) is 109 cm³/mol. The Labute approximate surface area is 185 Å². The summed E-state index contributed by atoms with van der Waals surface area (Å²) in [4.78, 5) is 16.8. The molecule has 1 atom stereocenters. The Hall–Kier alpha value is -3.89. The summed E-state index contributed by atoms with van der Waals surface area (Å²) in [7, 11) is 2.96. The van der Waals surface area contributed by atoms with Gasteiger partial charge in [-0.2, -0.15) is 13.2 Å². The molecule has 0 spiro atoms. The summed E-state index contributed by atoms with van der Waals surface area (Å²) in [6, 6.07) is 6.43. The molecule has 3 aromatic rings. The lowest BCUT2D eigenvalue weighted by Crippen LogP contribution is -2.25. The van der Waals surface area contributed by atoms with E-state index in [1.807, 2.05) is 0 Å². The average Bonchev–Trinajstić information content (AvgIpc) is 3.44. The monoisotopic (exact) mass is 461 g/mol. The zero-order valence-electron chi connectivity index (χ0n) is 17.5. The van der Waals surface area contributed by atoms with E-state index in [1.165, 1.54) is 32.7 Å². The number of ether oxygens (including phenoxy) is 4. The van der Waals surface area contributed by atoms with Crippen LogP contribution in [0.5, 0.6) is 23.0 Å². The Kier molecular flexibility index (Phi) is 4.84. The molecule has 3 heterocycles. The second kappa shape index (κ2) is 7.61. The molecule has 0 aliphatic carbocycles. The molecule has 0 fully saturated rings. The molecule has 5 rings (SSSR count). The van der Waals surface area contributed by atoms with Crippen LogP contribution in [0.3, 0.4) is 0 Å². The van der Waals surface area contributed by atoms with Crippen LogP contribution in [0.15, 0.2) is 36.7 Å². The number of nitrogens with zero attached hydrogens (tertiary/aromatic N) is 2. The van der Waals surface area contributed by atoms with Crippen LogP contribution >= 0.6 is 0 Å². The Morgan fingerprint density at radius 2 is 1.85 bits per heavy atom. The quantitative estimate of drug-likeness (QED) is 0.630. The first kappa shape index (κ1) is 21.0. The van der Waals surface area contributed by atoms with Crippen LogP contribution in [0.4, 0.5) is 19.0 Å². The lowest BCUT2D eigenvalue weighted by atomic mass is 9.88. The fourth-order valence-corrected chi connectivity index (χ4v) is 4.18. The molecule has 0 saturated heterocycles. The van der Waals surface area contributed by atoms with Crippen molar-refractivity contribution in [1.82, 2.24) is 9.55 Å². The van der Waals surface area contributed by atoms with Crippen LogP contribution < -0.4 is 24.3 Å². The third-order valence-corrected chi connectivity index (χ3v) is 5.65. The first-order chi connectivity index (χ1) is 15.8. The number of benzene rings is 2. The van der Waals surface area contributed by atoms with Gasteiger partial charge in [-0.15, -0.1) is 0 Å². The van der Waals surface area contributed by atoms with Gasteiger partial charge >= 0.3 is 6.18 Å². The van der Waals surface area contributed by atoms with E-state index in [-0.39, 0.29) is 19.1 Å². The van der Waals surface area contributed by atoms with E-state index >= 15 is 0 Å². The number of nitrogens with one attached hydrogen (secondary N) is 1. The van der Waals surface area contributed by atoms with Crippen molar-refractivity contribution in [3.8, 4) is 28.7 Å². The standard InChI is InChI=1S/C22H18F3N3O5/c1-30-15-7-14(18(31-2)20-19(15)32-10-33-20)13-8-16(29)27-21-17(13)28(9-26-21)12-5-3-11(4-6-12)22(23,24)25/h3-7,9,13H,8,10H2,1-2H3,(H,27,29). The minimum atomic E-state index is -4.44. The normalized spacial score (nSPS) is 16.9. The van der Waals surface area contributed by atoms with Gasteiger partial charge < -0.3 is 28.8 Å². The molecule has 2 aromatic carbocycles. The maximum atomic E-state index is 13.0. The molecule has 11 heteroatoms. The summed E-state index contributed by atoms with van der Waals surface area (Å²) in [5.74, 6) is 1.06. The zero-order valence-corrected chi connectivity index (χ0v) is 17.5. The lowest BCUT2D eigenvalue weighted by Gasteiger charge is -2.27. The van der Waals surface area contributed by atoms with Crippen LogP contribution in [0.2, 0.25) is 0 Å². The third kappa shape index (κ3) is 3.40. The molecule has 172 valence electrons. The number of fused-ring (bicyclic) bond motifs is 2. The topological polar surface area (TPSA) is 83.8 Å². The molecule has 2 aliphatic rings. The minimum Gasteiger partial charge on any atom is -0.493 e. The molecule has 33 heavy (non-hydrogen) atoms. The Bertz CT molecular complexity index is 1240. The molecular weight excluding hydrogens is 443 g/mol. The van der Waals surface area contributed by atoms with Gasteiger partial charge in [-0.05, 0) is 30.3 Å². The molecule has 1 amide bonds. The second-order valence-electron chi connectivity index (χ2n) is 7.46. The highest BCUT2D eigenvalue weighted by Gasteiger charge is 2.37. The fraction of sp³-hybridized carbons (Fsp3) is 0.273. The largest absolute Gasteiger partial charge is 0.493 e. The number of anilines is 1. The van der Waals surface area contributed by atoms with Gasteiger partial charge in [0.1, 0.15) is 6.33 Å². The van der Waals surface area contributed by atoms with Crippen molar-refractivity contribution >= 4 is 11.7 Å². The van der Waals surface area contributed by atoms with Gasteiger partial charge in [0.25, 0.3) is 0 Å². The molecule has 0 radical (unpaired) electrons. The van der Waals surface area contributed by atoms with E-state index in [1.54, 1.807) is 10.6 Å². The second-order valence-corrected chi connectivity index (χ2v) is 7.46. The van der Waals surface area contributed by atoms with Crippen LogP contribution in [-0.4, -0.2) is 36.5 Å². The highest BCUT2D eigenvalue weighted by Crippen LogP contribution is 2.53. The first-order valence-electron chi connectivity index (χ1n) is 9.91. The maximum absolute atomic E-state index is 13.0. The third-order valence-electron chi connectivity index (χ3n) is 5.65. The number of amides is 1. The summed E-state index contributed by atoms with van der Waals surface area (Å²) < 4.78 is 62.8. The van der Waals surface area contributed by atoms with E-state index in [0.717, 1.165) is 12.1 Å². The van der Waals surface area contributed by atoms with Gasteiger partial charge in [0.05, 0.1) is 25.5 Å². The van der Waals surface area contributed by atoms with E-state index in [9.17, 15) is 18.0 Å². The zero-order chi connectivity index (χ0) is 23.3. The number of carbonyl (C=O) groups is 1. The Morgan fingerprint density at radius 1 is 1.12 bits per heavy atom. The summed E-state index contributed by atoms with van der Waals surface area (Å²) >= 11 is 0. The number of aromatic nitrogens is 2. The number of rotatable bonds is 4. The number of hydrogen-bond acceptors (Lipinski definition) is 6. The van der Waals surface area contributed by atoms with Crippen molar-refractivity contribution in [3.05, 3.63) is 53.5 Å². The van der Waals surface area contributed by atoms with Crippen LogP contribution in [-0.2, 0) is 11.0 Å². The van der Waals surface area contributed by atoms with Gasteiger partial charge in [0, 0.05) is 23.6 Å². The van der Waals surface area contributed by atoms with E-state index in [0.29, 0.717) is 45.8 Å². The van der Waals surface area contributed by atoms with Gasteiger partial charge in [-0.1, -0.05) is 0 Å². The molecule has 1 aromatic heterocycles. The molecule has 0 saturated carbocycles. The Morgan fingerprint density at radius 3 is 2.52 bits per heavy atom. The summed E-state index contributed by atoms with van der Waals surface area (Å²) in [6.07, 6.45) is -2.93. The van der Waals surface area contributed by atoms with Crippen LogP contribution in [0.1, 0.15) is 29.2 Å². The van der Waals surface area contributed by atoms with Crippen molar-refractivity contribution in [1.29, 1.82) is 0 Å². The lowest BCUT2D eigenvalue weighted by molar-refractivity contribution is -0.137. The van der Waals surface area contributed by atoms with Crippen molar-refractivity contribution in [3.63, 3.8) is 0 Å². The van der Waals surface area contributed by atoms with Crippen molar-refractivity contribution < 1.29 is 36.9 Å². The fourth-order valence-electron chi connectivity index (χ4n) is 4.18. The van der Waals surface area contributed by atoms with Gasteiger partial charge in [0.15, 0.2) is 17.3 Å². The van der Waals surface area contributed by atoms with Gasteiger partial charge in [0.2, 0.25) is 24.2 Å². The van der Waals surface area contributed by atoms with Crippen molar-refractivity contribution in [2.75, 3.05) is 26.3 Å². The Balaban J connectivity index is 1.67. The smallest absolute Gasteiger partial charge is 0.416 e. The van der Waals surface area contributed by atoms with Gasteiger partial charge in [-0.25, -0.2) is 4.98 Å². The van der Waals surface area contributed by atoms with Crippen LogP contribution in [0, 0.1) is 0 Å². The van der Waals surface area contributed by atoms with Crippen LogP contribution in [0.25, 0.3) is 5.69 Å². The van der Waals surface area contributed by atoms with E-state index in [4.69, 9.17) is 18.9 Å². The summed E-state index contributed by atoms with van der Waals surface area (Å²) in [5, 5.41) is 2.72. The number of hydrogen-bond donors (Lipinski definition) is 1. The molecule has 2 aliphatic heterocycles. The number of halogens is 3. The highest BCUT2D eigenvalue weighted by atomic mass is 19.4. The molecule has 8 nitrogen and oxygen atoms in total. The number of carbonyl (C=O) groups excluding carboxylic acids is 1. The first-order valence-corrected chi connectivity index (χ1v) is 9.91. The number of alkyl halides is 3. The SMILES string of the molecule is COc1cc(C2CC(=O)Nc3ncn(-c4ccc(C(F)(F)F)cc4)c32)c(OC)c2c1OCO2. The molecular formula is C22H18F3N3O5. The minimum absolute atomic E-state index is 0.00854. The summed E-state index contributed by atoms with van der Waals surface area (Å²) in [5.41, 5.74) is 0.897. The van der Waals surface area contributed by atoms with Crippen molar-refractivity contribution in [2.24, 2.45) is 0 Å². The number of imidazole rings is 1. The summed E-state index contributed by atoms with van der Waals surface area (Å²) in [6.45, 7) is -0.00854. The average molecular weight is 461 g/mol. The molecule has 1 N–H and O–H groups in total. The predicted octanol–water partition coefficient (Wildman–Crippen LogP) is 4.11. The van der Waals surface area contributed by atoms with E-state index < -0.39 is 17.7 Å². The van der Waals surface area contributed by atoms with E-state index in [2.05, 4.69) is 10.3 Å². The van der Waals surface area contributed by atoms with Crippen molar-refractivity contribution in [2.45, 2.75) is 18.5 Å². The molecule has 1 unspecified atom stereocenters. The van der Waals surface area contributed by atoms with Gasteiger partial charge in [-0.3, -0.25) is 4.79 Å². The highest BCUT2D eigenvalue weighted by molar-refractivity contribution is 5.94. The molecule has 0 bridgehead atoms. The number of methoxy groups -OCH3 is 2. The maximum Gasteiger partial charge on any atom is 0.416 e.